The van der Waals surface area contributed by atoms with Gasteiger partial charge in [-0.2, -0.15) is 0 Å². The van der Waals surface area contributed by atoms with E-state index in [1.807, 2.05) is 37.8 Å². The zero-order chi connectivity index (χ0) is 15.4. The second-order valence-corrected chi connectivity index (χ2v) is 6.85. The van der Waals surface area contributed by atoms with Gasteiger partial charge < -0.3 is 10.1 Å². The number of thiophene rings is 1. The highest BCUT2D eigenvalue weighted by Crippen LogP contribution is 2.17. The number of carbonyl (C=O) groups excluding carboxylic acids is 2. The minimum Gasteiger partial charge on any atom is -0.378 e. The van der Waals surface area contributed by atoms with Gasteiger partial charge in [0, 0.05) is 17.5 Å². The van der Waals surface area contributed by atoms with Gasteiger partial charge in [-0.15, -0.1) is 11.3 Å². The normalized spacial score (nSPS) is 19.7. The number of rotatable bonds is 5. The van der Waals surface area contributed by atoms with Crippen LogP contribution in [-0.2, 0) is 9.53 Å². The average molecular weight is 310 g/mol. The van der Waals surface area contributed by atoms with Crippen LogP contribution in [0.1, 0.15) is 28.4 Å². The van der Waals surface area contributed by atoms with Gasteiger partial charge in [0.1, 0.15) is 6.04 Å². The summed E-state index contributed by atoms with van der Waals surface area (Å²) in [5.74, 6) is -0.00259. The first-order valence-electron chi connectivity index (χ1n) is 7.19. The van der Waals surface area contributed by atoms with E-state index in [0.29, 0.717) is 19.8 Å². The van der Waals surface area contributed by atoms with Crippen molar-refractivity contribution in [3.05, 3.63) is 21.9 Å². The van der Waals surface area contributed by atoms with E-state index < -0.39 is 0 Å². The maximum absolute atomic E-state index is 12.3. The maximum atomic E-state index is 12.3. The second-order valence-electron chi connectivity index (χ2n) is 5.56. The summed E-state index contributed by atoms with van der Waals surface area (Å²) in [6.07, 6.45) is 0. The predicted octanol–water partition coefficient (Wildman–Crippen LogP) is 1.46. The highest BCUT2D eigenvalue weighted by molar-refractivity contribution is 7.14. The number of ether oxygens (including phenoxy) is 1. The van der Waals surface area contributed by atoms with Crippen LogP contribution in [0.5, 0.6) is 0 Å². The maximum Gasteiger partial charge on any atom is 0.239 e. The summed E-state index contributed by atoms with van der Waals surface area (Å²) in [5.41, 5.74) is 0. The van der Waals surface area contributed by atoms with Gasteiger partial charge in [-0.05, 0) is 32.9 Å². The Hall–Kier alpha value is -1.24. The molecule has 1 saturated heterocycles. The average Bonchev–Trinajstić information content (AvgIpc) is 2.85. The number of carbonyl (C=O) groups is 2. The Kier molecular flexibility index (Phi) is 5.50. The summed E-state index contributed by atoms with van der Waals surface area (Å²) < 4.78 is 5.40. The third-order valence-corrected chi connectivity index (χ3v) is 4.38. The number of nitrogens with one attached hydrogen (secondary N) is 1. The van der Waals surface area contributed by atoms with Crippen LogP contribution in [-0.4, -0.2) is 55.0 Å². The van der Waals surface area contributed by atoms with E-state index in [1.165, 1.54) is 11.3 Å². The predicted molar refractivity (Wildman–Crippen MR) is 82.8 cm³/mol. The molecule has 116 valence electrons. The monoisotopic (exact) mass is 310 g/mol. The topological polar surface area (TPSA) is 58.6 Å². The van der Waals surface area contributed by atoms with Gasteiger partial charge in [-0.25, -0.2) is 0 Å². The van der Waals surface area contributed by atoms with Gasteiger partial charge in [-0.3, -0.25) is 14.5 Å². The Labute approximate surface area is 129 Å². The van der Waals surface area contributed by atoms with Crippen LogP contribution in [0.3, 0.4) is 0 Å². The van der Waals surface area contributed by atoms with E-state index in [4.69, 9.17) is 4.74 Å². The molecule has 21 heavy (non-hydrogen) atoms. The molecule has 1 aliphatic rings. The van der Waals surface area contributed by atoms with Crippen LogP contribution >= 0.6 is 11.3 Å². The van der Waals surface area contributed by atoms with E-state index in [9.17, 15) is 9.59 Å². The molecule has 0 spiro atoms. The van der Waals surface area contributed by atoms with Crippen LogP contribution in [0, 0.1) is 6.92 Å². The van der Waals surface area contributed by atoms with Crippen molar-refractivity contribution in [3.8, 4) is 0 Å². The van der Waals surface area contributed by atoms with Crippen molar-refractivity contribution in [2.24, 2.45) is 0 Å². The first kappa shape index (κ1) is 16.1. The van der Waals surface area contributed by atoms with Crippen molar-refractivity contribution in [1.29, 1.82) is 0 Å². The standard InChI is InChI=1S/C15H22N2O3S/c1-10(2)16-15(19)12-9-20-7-6-17(12)8-13(18)14-5-4-11(3)21-14/h4-5,10,12H,6-9H2,1-3H3,(H,16,19). The Morgan fingerprint density at radius 1 is 1.48 bits per heavy atom. The number of Topliss-reactive ketones (excluding diaryl/α,β-unsaturated/α-hetero) is 1. The Bertz CT molecular complexity index is 513. The molecule has 0 saturated carbocycles. The number of aryl methyl sites for hydroxylation is 1. The third-order valence-electron chi connectivity index (χ3n) is 3.33. The van der Waals surface area contributed by atoms with E-state index >= 15 is 0 Å². The van der Waals surface area contributed by atoms with Crippen LogP contribution in [0.4, 0.5) is 0 Å². The molecule has 1 fully saturated rings. The van der Waals surface area contributed by atoms with E-state index in [-0.39, 0.29) is 30.3 Å². The Morgan fingerprint density at radius 3 is 2.86 bits per heavy atom. The van der Waals surface area contributed by atoms with Crippen molar-refractivity contribution < 1.29 is 14.3 Å². The molecule has 1 amide bonds. The number of hydrogen-bond acceptors (Lipinski definition) is 5. The lowest BCUT2D eigenvalue weighted by Gasteiger charge is -2.34. The number of nitrogens with zero attached hydrogens (tertiary/aromatic N) is 1. The summed E-state index contributed by atoms with van der Waals surface area (Å²) >= 11 is 1.50. The van der Waals surface area contributed by atoms with Crippen molar-refractivity contribution in [3.63, 3.8) is 0 Å². The zero-order valence-electron chi connectivity index (χ0n) is 12.7. The summed E-state index contributed by atoms with van der Waals surface area (Å²) in [5, 5.41) is 2.89. The molecule has 0 radical (unpaired) electrons. The quantitative estimate of drug-likeness (QED) is 0.837. The Morgan fingerprint density at radius 2 is 2.24 bits per heavy atom. The summed E-state index contributed by atoms with van der Waals surface area (Å²) in [4.78, 5) is 28.3. The molecule has 1 aromatic rings. The Balaban J connectivity index is 2.01. The third kappa shape index (κ3) is 4.36. The van der Waals surface area contributed by atoms with Gasteiger partial charge >= 0.3 is 0 Å². The highest BCUT2D eigenvalue weighted by atomic mass is 32.1. The highest BCUT2D eigenvalue weighted by Gasteiger charge is 2.31. The molecule has 0 aromatic carbocycles. The molecule has 0 aliphatic carbocycles. The van der Waals surface area contributed by atoms with E-state index in [1.54, 1.807) is 0 Å². The van der Waals surface area contributed by atoms with Crippen molar-refractivity contribution >= 4 is 23.0 Å². The molecular weight excluding hydrogens is 288 g/mol. The van der Waals surface area contributed by atoms with Crippen LogP contribution in [0.15, 0.2) is 12.1 Å². The van der Waals surface area contributed by atoms with Crippen LogP contribution in [0.25, 0.3) is 0 Å². The molecule has 5 nitrogen and oxygen atoms in total. The van der Waals surface area contributed by atoms with Gasteiger partial charge in [0.2, 0.25) is 5.91 Å². The summed E-state index contributed by atoms with van der Waals surface area (Å²) in [7, 11) is 0. The van der Waals surface area contributed by atoms with E-state index in [2.05, 4.69) is 5.32 Å². The lowest BCUT2D eigenvalue weighted by Crippen LogP contribution is -2.55. The van der Waals surface area contributed by atoms with Crippen molar-refractivity contribution in [2.75, 3.05) is 26.3 Å². The minimum absolute atomic E-state index is 0.0670. The molecule has 1 N–H and O–H groups in total. The largest absolute Gasteiger partial charge is 0.378 e. The first-order valence-corrected chi connectivity index (χ1v) is 8.01. The fourth-order valence-electron chi connectivity index (χ4n) is 2.30. The number of hydrogen-bond donors (Lipinski definition) is 1. The minimum atomic E-state index is -0.383. The van der Waals surface area contributed by atoms with Crippen LogP contribution in [0.2, 0.25) is 0 Å². The zero-order valence-corrected chi connectivity index (χ0v) is 13.5. The van der Waals surface area contributed by atoms with Gasteiger partial charge in [-0.1, -0.05) is 0 Å². The molecule has 2 rings (SSSR count). The number of morpholine rings is 1. The second kappa shape index (κ2) is 7.15. The molecule has 1 unspecified atom stereocenters. The molecule has 1 aromatic heterocycles. The molecular formula is C15H22N2O3S. The van der Waals surface area contributed by atoms with Crippen LogP contribution < -0.4 is 5.32 Å². The molecule has 0 bridgehead atoms. The van der Waals surface area contributed by atoms with Gasteiger partial charge in [0.25, 0.3) is 0 Å². The summed E-state index contributed by atoms with van der Waals surface area (Å²) in [6.45, 7) is 7.59. The first-order chi connectivity index (χ1) is 9.97. The smallest absolute Gasteiger partial charge is 0.239 e. The number of ketones is 1. The molecule has 1 aliphatic heterocycles. The lowest BCUT2D eigenvalue weighted by molar-refractivity contribution is -0.132. The summed E-state index contributed by atoms with van der Waals surface area (Å²) in [6, 6.07) is 3.50. The van der Waals surface area contributed by atoms with Gasteiger partial charge in [0.15, 0.2) is 5.78 Å². The fraction of sp³-hybridized carbons (Fsp3) is 0.600. The number of amides is 1. The molecule has 6 heteroatoms. The van der Waals surface area contributed by atoms with E-state index in [0.717, 1.165) is 9.75 Å². The van der Waals surface area contributed by atoms with Crippen molar-refractivity contribution in [1.82, 2.24) is 10.2 Å². The lowest BCUT2D eigenvalue weighted by atomic mass is 10.1. The molecule has 2 heterocycles. The fourth-order valence-corrected chi connectivity index (χ4v) is 3.09. The molecule has 1 atom stereocenters. The van der Waals surface area contributed by atoms with Crippen molar-refractivity contribution in [2.45, 2.75) is 32.9 Å². The SMILES string of the molecule is Cc1ccc(C(=O)CN2CCOCC2C(=O)NC(C)C)s1. The van der Waals surface area contributed by atoms with Gasteiger partial charge in [0.05, 0.1) is 24.6 Å².